The van der Waals surface area contributed by atoms with Gasteiger partial charge in [-0.15, -0.1) is 0 Å². The molecule has 4 nitrogen and oxygen atoms in total. The zero-order valence-electron chi connectivity index (χ0n) is 38.3. The van der Waals surface area contributed by atoms with Crippen LogP contribution in [0.5, 0.6) is 0 Å². The number of hydrogen-bond donors (Lipinski definition) is 0. The second kappa shape index (κ2) is 6.40. The normalized spacial score (nSPS) is 26.2. The van der Waals surface area contributed by atoms with Crippen LogP contribution in [-0.2, 0) is 35.7 Å². The third-order valence-electron chi connectivity index (χ3n) is 26.9. The van der Waals surface area contributed by atoms with Crippen molar-refractivity contribution in [1.29, 1.82) is 0 Å². The highest BCUT2D eigenvalue weighted by molar-refractivity contribution is 6.82. The van der Waals surface area contributed by atoms with Crippen molar-refractivity contribution >= 4 is 303 Å². The fourth-order valence-electron chi connectivity index (χ4n) is 26.7. The van der Waals surface area contributed by atoms with Crippen LogP contribution in [0.3, 0.4) is 0 Å². The van der Waals surface area contributed by atoms with Gasteiger partial charge in [-0.2, -0.15) is 0 Å². The molecule has 0 unspecified atom stereocenters. The Morgan fingerprint density at radius 2 is 0.408 bits per heavy atom. The van der Waals surface area contributed by atoms with Crippen LogP contribution in [0.4, 0.5) is 4.39 Å². The summed E-state index contributed by atoms with van der Waals surface area (Å²) in [7, 11) is 0. The summed E-state index contributed by atoms with van der Waals surface area (Å²) in [4.78, 5) is 34.3. The maximum atomic E-state index is 17.1. The molecule has 35 rings (SSSR count). The molecule has 5 heteroatoms. The first-order valence-corrected chi connectivity index (χ1v) is 27.5. The molecule has 5 aliphatic carbocycles. The van der Waals surface area contributed by atoms with Crippen LogP contribution in [0, 0.1) is 11.2 Å². The first kappa shape index (κ1) is 28.9. The minimum atomic E-state index is -1.77. The quantitative estimate of drug-likeness (QED) is 0.0935. The third kappa shape index (κ3) is 1.50. The molecule has 0 radical (unpaired) electrons. The summed E-state index contributed by atoms with van der Waals surface area (Å²) in [5.74, 6) is -3.15. The Labute approximate surface area is 411 Å². The smallest absolute Gasteiger partial charge is 0.329 e. The van der Waals surface area contributed by atoms with E-state index in [9.17, 15) is 4.39 Å². The molecule has 1 aliphatic heterocycles. The van der Waals surface area contributed by atoms with Crippen molar-refractivity contribution in [2.24, 2.45) is 5.41 Å². The fraction of sp³-hybridized carbons (Fsp3) is 0.0704. The molecule has 322 valence electrons. The zero-order chi connectivity index (χ0) is 46.0. The average molecular weight is 943 g/mol. The lowest BCUT2D eigenvalue weighted by Gasteiger charge is -2.38. The van der Waals surface area contributed by atoms with Gasteiger partial charge < -0.3 is 9.47 Å². The van der Waals surface area contributed by atoms with Gasteiger partial charge in [0.2, 0.25) is 0 Å². The van der Waals surface area contributed by atoms with E-state index in [4.69, 9.17) is 9.47 Å². The van der Waals surface area contributed by atoms with Crippen LogP contribution in [0.25, 0.3) is 291 Å². The predicted molar refractivity (Wildman–Crippen MR) is 302 cm³/mol. The van der Waals surface area contributed by atoms with Crippen molar-refractivity contribution in [2.45, 2.75) is 23.5 Å². The number of hydrogen-bond acceptors (Lipinski definition) is 4. The lowest BCUT2D eigenvalue weighted by atomic mass is 9.68. The van der Waals surface area contributed by atoms with E-state index in [1.54, 1.807) is 29.8 Å². The molecule has 0 aromatic heterocycles. The van der Waals surface area contributed by atoms with Crippen molar-refractivity contribution in [1.82, 2.24) is 0 Å². The molecule has 1 saturated carbocycles. The number of cyclic esters (lactones) is 2. The highest BCUT2D eigenvalue weighted by atomic mass is 19.1. The minimum Gasteiger partial charge on any atom is -0.417 e. The van der Waals surface area contributed by atoms with Gasteiger partial charge in [0.15, 0.2) is 5.41 Å². The summed E-state index contributed by atoms with van der Waals surface area (Å²) >= 11 is 0. The van der Waals surface area contributed by atoms with Crippen molar-refractivity contribution in [3.63, 3.8) is 0 Å². The molecule has 3 spiro atoms. The second-order valence-electron chi connectivity index (χ2n) is 27.2. The Bertz CT molecular complexity index is 7220. The lowest BCUT2D eigenvalue weighted by Crippen LogP contribution is -2.51. The van der Waals surface area contributed by atoms with E-state index in [2.05, 4.69) is 0 Å². The average Bonchev–Trinajstić information content (AvgIpc) is 1.43. The zero-order valence-corrected chi connectivity index (χ0v) is 38.3. The van der Waals surface area contributed by atoms with Crippen LogP contribution in [0.2, 0.25) is 0 Å². The number of ether oxygens (including phenoxy) is 2. The largest absolute Gasteiger partial charge is 0.417 e. The molecule has 29 aromatic rings. The number of rotatable bonds is 1. The molecule has 1 heterocycles. The maximum absolute atomic E-state index is 17.1. The Hall–Kier alpha value is -9.45. The van der Waals surface area contributed by atoms with Gasteiger partial charge in [0, 0.05) is 12.5 Å². The molecule has 0 amide bonds. The Kier molecular flexibility index (Phi) is 2.43. The highest BCUT2D eigenvalue weighted by Crippen LogP contribution is 2.97. The van der Waals surface area contributed by atoms with E-state index < -0.39 is 39.8 Å². The van der Waals surface area contributed by atoms with Gasteiger partial charge in [-0.25, -0.2) is 4.39 Å². The van der Waals surface area contributed by atoms with Crippen LogP contribution < -0.4 is 0 Å². The molecule has 2 fully saturated rings. The SMILES string of the molecule is CC1(c2ccc(F)cc2)OC(=O)C2(C(=O)O1)C13c4c5c6c7c8c9c(c%10c%11c1c1c4c4c%12c5c5c6c6c8c8c%13c9c9c%10c%10c%11c%11c1c1c4c4c%12c%12c5c5c6c8c6c8c%13c9c9c%10c%10c%11c1c1c4c4c%12c5c6c5c8c9c%10c1c45)C723. The van der Waals surface area contributed by atoms with Gasteiger partial charge >= 0.3 is 11.9 Å². The Morgan fingerprint density at radius 3 is 0.579 bits per heavy atom. The summed E-state index contributed by atoms with van der Waals surface area (Å²) in [5.41, 5.74) is 1.30. The van der Waals surface area contributed by atoms with E-state index in [0.29, 0.717) is 5.56 Å². The van der Waals surface area contributed by atoms with Crippen LogP contribution in [0.15, 0.2) is 24.3 Å². The maximum Gasteiger partial charge on any atom is 0.329 e. The number of halogens is 1. The van der Waals surface area contributed by atoms with Gasteiger partial charge in [-0.1, -0.05) is 0 Å². The van der Waals surface area contributed by atoms with Crippen molar-refractivity contribution in [3.8, 4) is 0 Å². The number of carbonyl (C=O) groups is 2. The molecule has 1 saturated heterocycles. The van der Waals surface area contributed by atoms with E-state index in [1.807, 2.05) is 0 Å². The number of benzene rings is 19. The van der Waals surface area contributed by atoms with Gasteiger partial charge in [0.1, 0.15) is 5.82 Å². The predicted octanol–water partition coefficient (Wildman–Crippen LogP) is 17.4. The molecule has 6 aliphatic rings. The first-order valence-electron chi connectivity index (χ1n) is 27.5. The number of carbonyl (C=O) groups excluding carboxylic acids is 2. The van der Waals surface area contributed by atoms with Gasteiger partial charge in [-0.05, 0) is 337 Å². The van der Waals surface area contributed by atoms with Crippen molar-refractivity contribution in [3.05, 3.63) is 57.9 Å². The molecule has 0 N–H and O–H groups in total. The highest BCUT2D eigenvalue weighted by Gasteiger charge is 3.02. The topological polar surface area (TPSA) is 52.6 Å². The summed E-state index contributed by atoms with van der Waals surface area (Å²) in [6.07, 6.45) is 0. The molecule has 76 heavy (non-hydrogen) atoms. The minimum absolute atomic E-state index is 0.402. The molecule has 0 atom stereocenters. The Balaban J connectivity index is 1.05. The molecule has 0 bridgehead atoms. The summed E-state index contributed by atoms with van der Waals surface area (Å²) in [6.45, 7) is 1.69. The first-order chi connectivity index (χ1) is 37.5. The van der Waals surface area contributed by atoms with Gasteiger partial charge in [0.25, 0.3) is 5.79 Å². The van der Waals surface area contributed by atoms with Gasteiger partial charge in [-0.3, -0.25) is 9.59 Å². The fourth-order valence-corrected chi connectivity index (χ4v) is 26.7. The van der Waals surface area contributed by atoms with Crippen LogP contribution >= 0.6 is 0 Å². The lowest BCUT2D eigenvalue weighted by molar-refractivity contribution is -0.256. The molecule has 29 aromatic carbocycles. The monoisotopic (exact) mass is 942 g/mol. The number of esters is 2. The Morgan fingerprint density at radius 1 is 0.250 bits per heavy atom. The standard InChI is InChI=1S/C71H7FO4/c1-68(6-2-4-7(72)5-3-6)75-66(73)71(67(74)76-68)69-62-54-46-36-26-18-10-8-9-12-16-14(10)22-30-24(16)34-28-20(12)21-13(9)17-15-11(8)19(18)27-33-23(15)31-25(17)35-29(21)39-38(28)48-42(34)52-44(30)50(40(46)32(22)26)58(62)60(52)64-56(48)57-49(39)43(35)53-45(31)51-41(33)47(37(27)36)55(54)63(69)59(51)61(53)65(57)70(64,69)71/h2-5H,1H3. The van der Waals surface area contributed by atoms with E-state index in [-0.39, 0.29) is 0 Å². The third-order valence-corrected chi connectivity index (χ3v) is 26.9. The van der Waals surface area contributed by atoms with Crippen molar-refractivity contribution in [2.75, 3.05) is 0 Å². The van der Waals surface area contributed by atoms with E-state index >= 15 is 9.59 Å². The van der Waals surface area contributed by atoms with E-state index in [0.717, 1.165) is 0 Å². The summed E-state index contributed by atoms with van der Waals surface area (Å²) in [6, 6.07) is 5.95. The van der Waals surface area contributed by atoms with Crippen LogP contribution in [-0.4, -0.2) is 11.9 Å². The molecular weight excluding hydrogens is 936 g/mol. The van der Waals surface area contributed by atoms with Gasteiger partial charge in [0.05, 0.1) is 10.8 Å². The summed E-state index contributed by atoms with van der Waals surface area (Å²) < 4.78 is 28.9. The second-order valence-corrected chi connectivity index (χ2v) is 27.2. The molecular formula is C71H7FO4. The van der Waals surface area contributed by atoms with E-state index in [1.165, 1.54) is 314 Å². The van der Waals surface area contributed by atoms with Crippen molar-refractivity contribution < 1.29 is 23.5 Å². The van der Waals surface area contributed by atoms with Crippen LogP contribution in [0.1, 0.15) is 34.7 Å². The summed E-state index contributed by atoms with van der Waals surface area (Å²) in [5, 5.41) is 78.4.